The summed E-state index contributed by atoms with van der Waals surface area (Å²) in [5.74, 6) is 2.14. The average Bonchev–Trinajstić information content (AvgIpc) is 2.81. The summed E-state index contributed by atoms with van der Waals surface area (Å²) in [5.41, 5.74) is 6.48. The summed E-state index contributed by atoms with van der Waals surface area (Å²) >= 11 is 6.04. The lowest BCUT2D eigenvalue weighted by Crippen LogP contribution is -2.33. The number of fused-ring (bicyclic) bond motifs is 2. The summed E-state index contributed by atoms with van der Waals surface area (Å²) in [4.78, 5) is 4.60. The molecule has 0 aliphatic heterocycles. The molecule has 1 N–H and O–H groups in total. The summed E-state index contributed by atoms with van der Waals surface area (Å²) < 4.78 is 0. The largest absolute Gasteiger partial charge is 0.261 e. The number of rotatable bonds is 2. The number of hydrogen-bond donors (Lipinski definition) is 1. The van der Waals surface area contributed by atoms with Crippen LogP contribution >= 0.6 is 11.6 Å². The molecule has 0 saturated heterocycles. The zero-order valence-electron chi connectivity index (χ0n) is 11.8. The maximum atomic E-state index is 6.04. The molecule has 1 fully saturated rings. The number of aromatic nitrogens is 1. The predicted molar refractivity (Wildman–Crippen MR) is 87.9 cm³/mol. The summed E-state index contributed by atoms with van der Waals surface area (Å²) in [5, 5.41) is 6.37. The monoisotopic (exact) mass is 297 g/mol. The minimum absolute atomic E-state index is 0.623. The van der Waals surface area contributed by atoms with Crippen molar-refractivity contribution in [2.24, 2.45) is 16.9 Å². The van der Waals surface area contributed by atoms with Gasteiger partial charge in [-0.1, -0.05) is 23.8 Å². The Labute approximate surface area is 128 Å². The Morgan fingerprint density at radius 3 is 3.10 bits per heavy atom. The molecule has 2 unspecified atom stereocenters. The van der Waals surface area contributed by atoms with E-state index >= 15 is 0 Å². The zero-order valence-corrected chi connectivity index (χ0v) is 12.6. The summed E-state index contributed by atoms with van der Waals surface area (Å²) in [7, 11) is 0. The lowest BCUT2D eigenvalue weighted by molar-refractivity contribution is 0.466. The highest BCUT2D eigenvalue weighted by Gasteiger charge is 2.37. The number of nitrogens with zero attached hydrogens (tertiary/aromatic N) is 2. The molecule has 3 nitrogen and oxygen atoms in total. The van der Waals surface area contributed by atoms with E-state index in [9.17, 15) is 0 Å². The summed E-state index contributed by atoms with van der Waals surface area (Å²) in [6.45, 7) is 2.07. The minimum Gasteiger partial charge on any atom is -0.261 e. The molecule has 1 saturated carbocycles. The van der Waals surface area contributed by atoms with Crippen molar-refractivity contribution in [1.82, 2.24) is 4.98 Å². The summed E-state index contributed by atoms with van der Waals surface area (Å²) in [6, 6.07) is 7.79. The van der Waals surface area contributed by atoms with Gasteiger partial charge >= 0.3 is 0 Å². The Morgan fingerprint density at radius 1 is 1.33 bits per heavy atom. The molecule has 1 aromatic heterocycles. The van der Waals surface area contributed by atoms with Gasteiger partial charge in [0, 0.05) is 22.0 Å². The first-order valence-corrected chi connectivity index (χ1v) is 7.64. The van der Waals surface area contributed by atoms with Crippen molar-refractivity contribution in [2.45, 2.75) is 19.8 Å². The van der Waals surface area contributed by atoms with Gasteiger partial charge in [0.2, 0.25) is 0 Å². The van der Waals surface area contributed by atoms with Crippen LogP contribution in [0.4, 0.5) is 5.82 Å². The molecular formula is C17H16ClN3. The van der Waals surface area contributed by atoms with Gasteiger partial charge in [0.05, 0.1) is 5.52 Å². The number of anilines is 1. The normalized spacial score (nSPS) is 25.1. The van der Waals surface area contributed by atoms with E-state index in [1.165, 1.54) is 5.71 Å². The smallest absolute Gasteiger partial charge is 0.147 e. The highest BCUT2D eigenvalue weighted by Crippen LogP contribution is 2.40. The van der Waals surface area contributed by atoms with Crippen LogP contribution in [0.1, 0.15) is 18.4 Å². The van der Waals surface area contributed by atoms with Crippen LogP contribution in [0.25, 0.3) is 10.9 Å². The van der Waals surface area contributed by atoms with Crippen LogP contribution in [-0.4, -0.2) is 10.7 Å². The van der Waals surface area contributed by atoms with Gasteiger partial charge in [-0.2, -0.15) is 5.10 Å². The van der Waals surface area contributed by atoms with Crippen LogP contribution in [0.15, 0.2) is 41.5 Å². The van der Waals surface area contributed by atoms with Gasteiger partial charge in [-0.3, -0.25) is 5.43 Å². The fourth-order valence-electron chi connectivity index (χ4n) is 3.22. The van der Waals surface area contributed by atoms with Crippen LogP contribution in [-0.2, 0) is 0 Å². The van der Waals surface area contributed by atoms with Crippen molar-refractivity contribution >= 4 is 34.0 Å². The van der Waals surface area contributed by atoms with E-state index in [1.807, 2.05) is 24.3 Å². The van der Waals surface area contributed by atoms with Crippen molar-refractivity contribution in [3.8, 4) is 0 Å². The third kappa shape index (κ3) is 2.22. The van der Waals surface area contributed by atoms with E-state index in [4.69, 9.17) is 11.6 Å². The second kappa shape index (κ2) is 4.85. The number of halogens is 1. The second-order valence-corrected chi connectivity index (χ2v) is 6.28. The third-order valence-electron chi connectivity index (χ3n) is 4.45. The fraction of sp³-hybridized carbons (Fsp3) is 0.294. The van der Waals surface area contributed by atoms with Crippen molar-refractivity contribution in [3.63, 3.8) is 0 Å². The maximum Gasteiger partial charge on any atom is 0.147 e. The molecular weight excluding hydrogens is 282 g/mol. The van der Waals surface area contributed by atoms with Crippen LogP contribution in [0.2, 0.25) is 5.02 Å². The van der Waals surface area contributed by atoms with Crippen LogP contribution < -0.4 is 5.43 Å². The van der Waals surface area contributed by atoms with Crippen LogP contribution in [0, 0.1) is 18.8 Å². The molecule has 0 spiro atoms. The molecule has 21 heavy (non-hydrogen) atoms. The van der Waals surface area contributed by atoms with E-state index in [2.05, 4.69) is 34.6 Å². The van der Waals surface area contributed by atoms with Gasteiger partial charge in [-0.15, -0.1) is 0 Å². The molecule has 2 aliphatic rings. The van der Waals surface area contributed by atoms with Crippen molar-refractivity contribution < 1.29 is 0 Å². The number of allylic oxidation sites excluding steroid dienone is 2. The third-order valence-corrected chi connectivity index (χ3v) is 4.69. The molecule has 0 radical (unpaired) electrons. The molecule has 4 rings (SSSR count). The van der Waals surface area contributed by atoms with E-state index in [-0.39, 0.29) is 0 Å². The molecule has 2 atom stereocenters. The average molecular weight is 298 g/mol. The van der Waals surface area contributed by atoms with Crippen molar-refractivity contribution in [2.75, 3.05) is 5.43 Å². The number of hydrazone groups is 1. The van der Waals surface area contributed by atoms with Crippen LogP contribution in [0.3, 0.4) is 0 Å². The van der Waals surface area contributed by atoms with Gasteiger partial charge in [0.15, 0.2) is 0 Å². The quantitative estimate of drug-likeness (QED) is 0.651. The Balaban J connectivity index is 1.60. The molecule has 1 heterocycles. The first kappa shape index (κ1) is 12.8. The first-order valence-electron chi connectivity index (χ1n) is 7.27. The SMILES string of the molecule is Cc1cc(NN=C2CC3C=CCC23)nc2ccc(Cl)cc12. The standard InChI is InChI=1S/C17H16ClN3/c1-10-7-17(19-15-6-5-12(18)9-14(10)15)21-20-16-8-11-3-2-4-13(11)16/h2-3,5-7,9,11,13H,4,8H2,1H3,(H,19,21). The number of hydrogen-bond acceptors (Lipinski definition) is 3. The Hall–Kier alpha value is -1.87. The maximum absolute atomic E-state index is 6.04. The zero-order chi connectivity index (χ0) is 14.4. The van der Waals surface area contributed by atoms with E-state index in [1.54, 1.807) is 0 Å². The highest BCUT2D eigenvalue weighted by molar-refractivity contribution is 6.31. The molecule has 0 amide bonds. The Kier molecular flexibility index (Phi) is 2.96. The molecule has 2 aliphatic carbocycles. The minimum atomic E-state index is 0.623. The molecule has 0 bridgehead atoms. The fourth-order valence-corrected chi connectivity index (χ4v) is 3.39. The Bertz CT molecular complexity index is 779. The van der Waals surface area contributed by atoms with Gasteiger partial charge in [-0.05, 0) is 55.5 Å². The van der Waals surface area contributed by atoms with Gasteiger partial charge in [0.25, 0.3) is 0 Å². The highest BCUT2D eigenvalue weighted by atomic mass is 35.5. The molecule has 4 heteroatoms. The van der Waals surface area contributed by atoms with Crippen molar-refractivity contribution in [3.05, 3.63) is 47.0 Å². The van der Waals surface area contributed by atoms with Crippen LogP contribution in [0.5, 0.6) is 0 Å². The molecule has 106 valence electrons. The molecule has 2 aromatic rings. The number of benzene rings is 1. The van der Waals surface area contributed by atoms with Gasteiger partial charge in [-0.25, -0.2) is 4.98 Å². The topological polar surface area (TPSA) is 37.3 Å². The molecule has 1 aromatic carbocycles. The van der Waals surface area contributed by atoms with E-state index in [0.29, 0.717) is 5.92 Å². The number of nitrogens with one attached hydrogen (secondary N) is 1. The van der Waals surface area contributed by atoms with Gasteiger partial charge in [0.1, 0.15) is 5.82 Å². The lowest BCUT2D eigenvalue weighted by Gasteiger charge is -2.31. The number of aryl methyl sites for hydroxylation is 1. The summed E-state index contributed by atoms with van der Waals surface area (Å²) in [6.07, 6.45) is 6.79. The number of pyridine rings is 1. The Morgan fingerprint density at radius 2 is 2.24 bits per heavy atom. The lowest BCUT2D eigenvalue weighted by atomic mass is 9.74. The second-order valence-electron chi connectivity index (χ2n) is 5.84. The van der Waals surface area contributed by atoms with E-state index < -0.39 is 0 Å². The van der Waals surface area contributed by atoms with E-state index in [0.717, 1.165) is 46.1 Å². The first-order chi connectivity index (χ1) is 10.2. The predicted octanol–water partition coefficient (Wildman–Crippen LogP) is 4.56. The van der Waals surface area contributed by atoms with Crippen molar-refractivity contribution in [1.29, 1.82) is 0 Å². The van der Waals surface area contributed by atoms with Gasteiger partial charge < -0.3 is 0 Å².